The maximum absolute atomic E-state index is 9.02. The highest BCUT2D eigenvalue weighted by Crippen LogP contribution is 2.32. The second kappa shape index (κ2) is 7.04. The van der Waals surface area contributed by atoms with E-state index in [9.17, 15) is 0 Å². The molecule has 0 bridgehead atoms. The van der Waals surface area contributed by atoms with Gasteiger partial charge in [0.15, 0.2) is 0 Å². The zero-order valence-electron chi connectivity index (χ0n) is 14.1. The summed E-state index contributed by atoms with van der Waals surface area (Å²) >= 11 is 0. The largest absolute Gasteiger partial charge is 0.361 e. The second-order valence-corrected chi connectivity index (χ2v) is 6.00. The fourth-order valence-corrected chi connectivity index (χ4v) is 2.89. The van der Waals surface area contributed by atoms with E-state index < -0.39 is 0 Å². The summed E-state index contributed by atoms with van der Waals surface area (Å²) in [6.45, 7) is 0. The van der Waals surface area contributed by atoms with Gasteiger partial charge in [-0.1, -0.05) is 48.5 Å². The van der Waals surface area contributed by atoms with Crippen LogP contribution in [0.15, 0.2) is 101 Å². The molecule has 4 aromatic rings. The van der Waals surface area contributed by atoms with Crippen molar-refractivity contribution in [1.82, 2.24) is 0 Å². The third-order valence-electron chi connectivity index (χ3n) is 4.26. The van der Waals surface area contributed by atoms with Crippen LogP contribution in [0.5, 0.6) is 0 Å². The molecule has 0 aliphatic rings. The topological polar surface area (TPSA) is 35.1 Å². The van der Waals surface area contributed by atoms with Crippen LogP contribution in [0.3, 0.4) is 0 Å². The number of nitriles is 1. The van der Waals surface area contributed by atoms with Gasteiger partial charge in [-0.15, -0.1) is 0 Å². The van der Waals surface area contributed by atoms with Crippen LogP contribution in [0, 0.1) is 11.3 Å². The Morgan fingerprint density at radius 1 is 0.538 bits per heavy atom. The van der Waals surface area contributed by atoms with Crippen LogP contribution in [0.2, 0.25) is 0 Å². The Morgan fingerprint density at radius 2 is 1.04 bits per heavy atom. The molecule has 1 heterocycles. The Hall–Kier alpha value is -3.70. The number of hydrogen-bond acceptors (Lipinski definition) is 1. The average molecular weight is 334 g/mol. The summed E-state index contributed by atoms with van der Waals surface area (Å²) in [4.78, 5) is 0. The lowest BCUT2D eigenvalue weighted by molar-refractivity contribution is 0.582. The zero-order valence-corrected chi connectivity index (χ0v) is 14.1. The molecule has 2 nitrogen and oxygen atoms in total. The SMILES string of the molecule is N#Cc1ccc(-c2cc(-c3ccccc3)[o+]c(-c3ccccc3)c2)cc1. The minimum absolute atomic E-state index is 0.654. The van der Waals surface area contributed by atoms with E-state index in [1.807, 2.05) is 97.1 Å². The molecule has 0 atom stereocenters. The molecule has 1 aromatic heterocycles. The first-order valence-electron chi connectivity index (χ1n) is 8.43. The summed E-state index contributed by atoms with van der Waals surface area (Å²) < 4.78 is 6.20. The highest BCUT2D eigenvalue weighted by molar-refractivity contribution is 5.74. The summed E-state index contributed by atoms with van der Waals surface area (Å²) in [6, 6.07) is 34.0. The van der Waals surface area contributed by atoms with Gasteiger partial charge < -0.3 is 0 Å². The molecule has 0 aliphatic carbocycles. The van der Waals surface area contributed by atoms with Crippen LogP contribution >= 0.6 is 0 Å². The van der Waals surface area contributed by atoms with E-state index in [0.717, 1.165) is 33.8 Å². The van der Waals surface area contributed by atoms with Gasteiger partial charge >= 0.3 is 11.5 Å². The van der Waals surface area contributed by atoms with Crippen molar-refractivity contribution in [2.45, 2.75) is 0 Å². The molecule has 2 heteroatoms. The van der Waals surface area contributed by atoms with Gasteiger partial charge in [-0.25, -0.2) is 4.42 Å². The van der Waals surface area contributed by atoms with E-state index in [4.69, 9.17) is 9.68 Å². The minimum Gasteiger partial charge on any atom is -0.207 e. The van der Waals surface area contributed by atoms with Crippen molar-refractivity contribution in [3.05, 3.63) is 103 Å². The summed E-state index contributed by atoms with van der Waals surface area (Å²) in [5.74, 6) is 1.62. The van der Waals surface area contributed by atoms with Crippen molar-refractivity contribution in [2.75, 3.05) is 0 Å². The molecule has 0 N–H and O–H groups in total. The van der Waals surface area contributed by atoms with Crippen molar-refractivity contribution in [3.63, 3.8) is 0 Å². The van der Waals surface area contributed by atoms with E-state index in [2.05, 4.69) is 6.07 Å². The molecule has 3 aromatic carbocycles. The van der Waals surface area contributed by atoms with Gasteiger partial charge in [0.05, 0.1) is 34.9 Å². The predicted octanol–water partition coefficient (Wildman–Crippen LogP) is 6.43. The van der Waals surface area contributed by atoms with Crippen molar-refractivity contribution in [1.29, 1.82) is 5.26 Å². The Kier molecular flexibility index (Phi) is 4.28. The van der Waals surface area contributed by atoms with Gasteiger partial charge in [0.25, 0.3) is 0 Å². The van der Waals surface area contributed by atoms with Crippen LogP contribution < -0.4 is 0 Å². The molecule has 0 saturated heterocycles. The van der Waals surface area contributed by atoms with E-state index in [1.54, 1.807) is 0 Å². The highest BCUT2D eigenvalue weighted by atomic mass is 16.3. The molecule has 0 radical (unpaired) electrons. The summed E-state index contributed by atoms with van der Waals surface area (Å²) in [5.41, 5.74) is 4.81. The molecule has 0 fully saturated rings. The summed E-state index contributed by atoms with van der Waals surface area (Å²) in [7, 11) is 0. The first kappa shape index (κ1) is 15.8. The lowest BCUT2D eigenvalue weighted by Gasteiger charge is -2.02. The van der Waals surface area contributed by atoms with Crippen LogP contribution in [-0.2, 0) is 0 Å². The molecule has 0 spiro atoms. The van der Waals surface area contributed by atoms with E-state index in [0.29, 0.717) is 5.56 Å². The molecule has 0 saturated carbocycles. The van der Waals surface area contributed by atoms with Crippen LogP contribution in [0.4, 0.5) is 0 Å². The number of rotatable bonds is 3. The molecule has 122 valence electrons. The third-order valence-corrected chi connectivity index (χ3v) is 4.26. The maximum atomic E-state index is 9.02. The normalized spacial score (nSPS) is 10.3. The fourth-order valence-electron chi connectivity index (χ4n) is 2.89. The first-order valence-corrected chi connectivity index (χ1v) is 8.43. The molecule has 0 amide bonds. The Morgan fingerprint density at radius 3 is 1.50 bits per heavy atom. The maximum Gasteiger partial charge on any atom is 0.361 e. The molecule has 0 unspecified atom stereocenters. The number of nitrogens with zero attached hydrogens (tertiary/aromatic N) is 1. The van der Waals surface area contributed by atoms with Gasteiger partial charge in [0.2, 0.25) is 0 Å². The van der Waals surface area contributed by atoms with E-state index >= 15 is 0 Å². The Labute approximate surface area is 152 Å². The summed E-state index contributed by atoms with van der Waals surface area (Å²) in [6.07, 6.45) is 0. The highest BCUT2D eigenvalue weighted by Gasteiger charge is 2.20. The lowest BCUT2D eigenvalue weighted by Crippen LogP contribution is -1.86. The summed E-state index contributed by atoms with van der Waals surface area (Å²) in [5, 5.41) is 9.02. The van der Waals surface area contributed by atoms with Crippen molar-refractivity contribution in [3.8, 4) is 39.8 Å². The fraction of sp³-hybridized carbons (Fsp3) is 0. The molecular weight excluding hydrogens is 318 g/mol. The Balaban J connectivity index is 1.89. The Bertz CT molecular complexity index is 1000. The zero-order chi connectivity index (χ0) is 17.8. The minimum atomic E-state index is 0.654. The quantitative estimate of drug-likeness (QED) is 0.404. The standard InChI is InChI=1S/C24H16NO/c25-17-18-11-13-19(14-12-18)22-15-23(20-7-3-1-4-8-20)26-24(16-22)21-9-5-2-6-10-21/h1-16H/q+1. The second-order valence-electron chi connectivity index (χ2n) is 6.00. The van der Waals surface area contributed by atoms with Crippen molar-refractivity contribution in [2.24, 2.45) is 0 Å². The van der Waals surface area contributed by atoms with Gasteiger partial charge in [-0.05, 0) is 42.0 Å². The van der Waals surface area contributed by atoms with Crippen molar-refractivity contribution >= 4 is 0 Å². The lowest BCUT2D eigenvalue weighted by atomic mass is 10.0. The van der Waals surface area contributed by atoms with Gasteiger partial charge in [-0.3, -0.25) is 0 Å². The van der Waals surface area contributed by atoms with Crippen LogP contribution in [0.1, 0.15) is 5.56 Å². The van der Waals surface area contributed by atoms with Gasteiger partial charge in [0, 0.05) is 5.56 Å². The molecule has 26 heavy (non-hydrogen) atoms. The van der Waals surface area contributed by atoms with E-state index in [1.165, 1.54) is 0 Å². The van der Waals surface area contributed by atoms with Gasteiger partial charge in [-0.2, -0.15) is 5.26 Å². The molecule has 0 aliphatic heterocycles. The molecular formula is C24H16NO+. The first-order chi connectivity index (χ1) is 12.8. The number of benzene rings is 3. The van der Waals surface area contributed by atoms with E-state index in [-0.39, 0.29) is 0 Å². The van der Waals surface area contributed by atoms with Crippen molar-refractivity contribution < 1.29 is 4.42 Å². The smallest absolute Gasteiger partial charge is 0.207 e. The number of hydrogen-bond donors (Lipinski definition) is 0. The monoisotopic (exact) mass is 334 g/mol. The molecule has 4 rings (SSSR count). The predicted molar refractivity (Wildman–Crippen MR) is 104 cm³/mol. The van der Waals surface area contributed by atoms with Crippen LogP contribution in [-0.4, -0.2) is 0 Å². The van der Waals surface area contributed by atoms with Gasteiger partial charge in [0.1, 0.15) is 0 Å². The third kappa shape index (κ3) is 3.24. The average Bonchev–Trinajstić information content (AvgIpc) is 2.75. The van der Waals surface area contributed by atoms with Crippen LogP contribution in [0.25, 0.3) is 33.8 Å².